The summed E-state index contributed by atoms with van der Waals surface area (Å²) in [5, 5.41) is 9.33. The Bertz CT molecular complexity index is 1280. The van der Waals surface area contributed by atoms with Gasteiger partial charge in [0.2, 0.25) is 10.9 Å². The van der Waals surface area contributed by atoms with Crippen molar-refractivity contribution in [2.24, 2.45) is 0 Å². The standard InChI is InChI=1S/C23H22FN3O4/c1-2-25-14-16(23(30)31)22(29)15-12-17(24)20(13-19(15)25)27-10-8-26(9-11-27)18-6-4-3-5-7-21(18)28/h3-7,12-14H,2,8-11H2,1H3,(H,30,31). The van der Waals surface area contributed by atoms with Crippen LogP contribution >= 0.6 is 0 Å². The number of halogens is 1. The highest BCUT2D eigenvalue weighted by molar-refractivity contribution is 5.93. The number of aryl methyl sites for hydroxylation is 1. The van der Waals surface area contributed by atoms with E-state index in [1.165, 1.54) is 12.3 Å². The fraction of sp³-hybridized carbons (Fsp3) is 0.261. The van der Waals surface area contributed by atoms with Crippen LogP contribution < -0.4 is 20.7 Å². The molecule has 0 unspecified atom stereocenters. The van der Waals surface area contributed by atoms with E-state index in [4.69, 9.17) is 0 Å². The molecule has 7 nitrogen and oxygen atoms in total. The van der Waals surface area contributed by atoms with Gasteiger partial charge in [0.25, 0.3) is 0 Å². The summed E-state index contributed by atoms with van der Waals surface area (Å²) in [7, 11) is 0. The van der Waals surface area contributed by atoms with Crippen molar-refractivity contribution in [2.75, 3.05) is 36.0 Å². The van der Waals surface area contributed by atoms with Crippen molar-refractivity contribution in [1.29, 1.82) is 0 Å². The lowest BCUT2D eigenvalue weighted by Gasteiger charge is -2.37. The Labute approximate surface area is 177 Å². The summed E-state index contributed by atoms with van der Waals surface area (Å²) in [6.07, 6.45) is 1.30. The molecule has 0 radical (unpaired) electrons. The number of carboxylic acids is 1. The predicted octanol–water partition coefficient (Wildman–Crippen LogP) is 2.55. The van der Waals surface area contributed by atoms with Crippen LogP contribution in [0.1, 0.15) is 17.3 Å². The van der Waals surface area contributed by atoms with Gasteiger partial charge < -0.3 is 19.5 Å². The van der Waals surface area contributed by atoms with Crippen LogP contribution in [-0.2, 0) is 6.54 Å². The number of rotatable bonds is 4. The molecule has 160 valence electrons. The molecule has 31 heavy (non-hydrogen) atoms. The first kappa shape index (κ1) is 20.6. The molecule has 1 saturated heterocycles. The van der Waals surface area contributed by atoms with Crippen molar-refractivity contribution >= 4 is 28.2 Å². The molecule has 0 aliphatic carbocycles. The molecule has 0 amide bonds. The van der Waals surface area contributed by atoms with Crippen molar-refractivity contribution < 1.29 is 14.3 Å². The number of nitrogens with zero attached hydrogens (tertiary/aromatic N) is 3. The zero-order valence-corrected chi connectivity index (χ0v) is 17.0. The summed E-state index contributed by atoms with van der Waals surface area (Å²) >= 11 is 0. The van der Waals surface area contributed by atoms with Crippen molar-refractivity contribution in [1.82, 2.24) is 4.57 Å². The van der Waals surface area contributed by atoms with Crippen LogP contribution in [0.2, 0.25) is 0 Å². The highest BCUT2D eigenvalue weighted by atomic mass is 19.1. The van der Waals surface area contributed by atoms with Gasteiger partial charge in [-0.05, 0) is 31.2 Å². The summed E-state index contributed by atoms with van der Waals surface area (Å²) in [4.78, 5) is 40.0. The summed E-state index contributed by atoms with van der Waals surface area (Å²) < 4.78 is 16.6. The minimum Gasteiger partial charge on any atom is -0.477 e. The number of benzene rings is 1. The zero-order valence-electron chi connectivity index (χ0n) is 17.0. The number of hydrogen-bond donors (Lipinski definition) is 1. The number of carboxylic acid groups (broad SMARTS) is 1. The van der Waals surface area contributed by atoms with Crippen molar-refractivity contribution in [2.45, 2.75) is 13.5 Å². The van der Waals surface area contributed by atoms with E-state index in [-0.39, 0.29) is 16.4 Å². The molecule has 1 fully saturated rings. The van der Waals surface area contributed by atoms with Crippen molar-refractivity contribution in [3.8, 4) is 0 Å². The maximum absolute atomic E-state index is 15.0. The Morgan fingerprint density at radius 2 is 1.65 bits per heavy atom. The molecule has 0 spiro atoms. The van der Waals surface area contributed by atoms with Gasteiger partial charge in [-0.15, -0.1) is 0 Å². The topological polar surface area (TPSA) is 82.8 Å². The monoisotopic (exact) mass is 423 g/mol. The second-order valence-corrected chi connectivity index (χ2v) is 7.42. The normalized spacial score (nSPS) is 14.1. The molecular formula is C23H22FN3O4. The van der Waals surface area contributed by atoms with Gasteiger partial charge in [-0.1, -0.05) is 18.2 Å². The molecule has 3 aromatic rings. The van der Waals surface area contributed by atoms with Crippen molar-refractivity contribution in [3.63, 3.8) is 0 Å². The number of anilines is 2. The molecule has 4 rings (SSSR count). The number of fused-ring (bicyclic) bond motifs is 1. The molecule has 1 aliphatic rings. The van der Waals surface area contributed by atoms with Crippen LogP contribution in [-0.4, -0.2) is 41.8 Å². The smallest absolute Gasteiger partial charge is 0.341 e. The van der Waals surface area contributed by atoms with Crippen LogP contribution in [0.4, 0.5) is 15.8 Å². The molecule has 0 saturated carbocycles. The van der Waals surface area contributed by atoms with Gasteiger partial charge in [0.15, 0.2) is 0 Å². The van der Waals surface area contributed by atoms with Gasteiger partial charge in [0.05, 0.1) is 16.9 Å². The van der Waals surface area contributed by atoms with E-state index in [9.17, 15) is 23.9 Å². The third-order valence-corrected chi connectivity index (χ3v) is 5.66. The fourth-order valence-electron chi connectivity index (χ4n) is 4.03. The molecule has 0 bridgehead atoms. The maximum atomic E-state index is 15.0. The van der Waals surface area contributed by atoms with E-state index in [0.717, 1.165) is 6.07 Å². The lowest BCUT2D eigenvalue weighted by Crippen LogP contribution is -2.48. The SMILES string of the molecule is CCn1cc(C(=O)O)c(=O)c2cc(F)c(N3CCN(c4cccccc4=O)CC3)cc21. The largest absolute Gasteiger partial charge is 0.477 e. The van der Waals surface area contributed by atoms with Gasteiger partial charge in [-0.2, -0.15) is 0 Å². The summed E-state index contributed by atoms with van der Waals surface area (Å²) in [5.41, 5.74) is 0.342. The van der Waals surface area contributed by atoms with E-state index in [2.05, 4.69) is 0 Å². The van der Waals surface area contributed by atoms with E-state index < -0.39 is 17.2 Å². The second-order valence-electron chi connectivity index (χ2n) is 7.42. The second kappa shape index (κ2) is 8.22. The summed E-state index contributed by atoms with van der Waals surface area (Å²) in [6, 6.07) is 11.4. The van der Waals surface area contributed by atoms with Crippen LogP contribution in [0, 0.1) is 5.82 Å². The number of aromatic nitrogens is 1. The minimum absolute atomic E-state index is 0.0504. The highest BCUT2D eigenvalue weighted by Gasteiger charge is 2.23. The highest BCUT2D eigenvalue weighted by Crippen LogP contribution is 2.27. The number of pyridine rings is 1. The molecular weight excluding hydrogens is 401 g/mol. The fourth-order valence-corrected chi connectivity index (χ4v) is 4.03. The average Bonchev–Trinajstić information content (AvgIpc) is 2.98. The van der Waals surface area contributed by atoms with Crippen molar-refractivity contribution in [3.05, 3.63) is 80.5 Å². The van der Waals surface area contributed by atoms with Gasteiger partial charge >= 0.3 is 5.97 Å². The Balaban J connectivity index is 1.68. The van der Waals surface area contributed by atoms with E-state index in [1.807, 2.05) is 22.8 Å². The first-order chi connectivity index (χ1) is 14.9. The number of aromatic carboxylic acids is 1. The molecule has 1 aromatic heterocycles. The lowest BCUT2D eigenvalue weighted by atomic mass is 10.1. The van der Waals surface area contributed by atoms with E-state index >= 15 is 0 Å². The van der Waals surface area contributed by atoms with Crippen LogP contribution in [0.3, 0.4) is 0 Å². The average molecular weight is 423 g/mol. The Morgan fingerprint density at radius 3 is 2.29 bits per heavy atom. The Hall–Kier alpha value is -3.68. The van der Waals surface area contributed by atoms with Crippen LogP contribution in [0.25, 0.3) is 10.9 Å². The van der Waals surface area contributed by atoms with Gasteiger partial charge in [0.1, 0.15) is 11.4 Å². The summed E-state index contributed by atoms with van der Waals surface area (Å²) in [6.45, 7) is 4.38. The zero-order chi connectivity index (χ0) is 22.1. The van der Waals surface area contributed by atoms with Gasteiger partial charge in [-0.3, -0.25) is 9.59 Å². The van der Waals surface area contributed by atoms with E-state index in [1.54, 1.807) is 28.8 Å². The summed E-state index contributed by atoms with van der Waals surface area (Å²) in [5.74, 6) is -1.90. The number of carbonyl (C=O) groups is 1. The molecule has 1 N–H and O–H groups in total. The quantitative estimate of drug-likeness (QED) is 0.695. The van der Waals surface area contributed by atoms with Crippen LogP contribution in [0.5, 0.6) is 0 Å². The molecule has 2 heterocycles. The first-order valence-electron chi connectivity index (χ1n) is 10.1. The van der Waals surface area contributed by atoms with Gasteiger partial charge in [-0.25, -0.2) is 9.18 Å². The number of hydrogen-bond acceptors (Lipinski definition) is 5. The maximum Gasteiger partial charge on any atom is 0.341 e. The Morgan fingerprint density at radius 1 is 1.00 bits per heavy atom. The Kier molecular flexibility index (Phi) is 5.46. The lowest BCUT2D eigenvalue weighted by molar-refractivity contribution is 0.0695. The molecule has 1 aliphatic heterocycles. The molecule has 2 aromatic carbocycles. The first-order valence-corrected chi connectivity index (χ1v) is 10.1. The third kappa shape index (κ3) is 3.76. The van der Waals surface area contributed by atoms with Gasteiger partial charge in [0, 0.05) is 44.3 Å². The number of piperazine rings is 1. The molecule has 8 heteroatoms. The molecule has 0 atom stereocenters. The van der Waals surface area contributed by atoms with E-state index in [0.29, 0.717) is 49.6 Å². The predicted molar refractivity (Wildman–Crippen MR) is 118 cm³/mol. The minimum atomic E-state index is -1.33. The third-order valence-electron chi connectivity index (χ3n) is 5.66. The van der Waals surface area contributed by atoms with Crippen LogP contribution in [0.15, 0.2) is 58.3 Å².